The largest absolute Gasteiger partial charge is 0.366 e. The Morgan fingerprint density at radius 2 is 2.14 bits per heavy atom. The third kappa shape index (κ3) is 4.32. The Hall–Kier alpha value is -1.33. The van der Waals surface area contributed by atoms with E-state index < -0.39 is 0 Å². The molecular weight excluding hydrogens is 290 g/mol. The van der Waals surface area contributed by atoms with Crippen molar-refractivity contribution in [2.45, 2.75) is 26.2 Å². The molecule has 0 amide bonds. The number of hydrogen-bond acceptors (Lipinski definition) is 4. The highest BCUT2D eigenvalue weighted by atomic mass is 35.5. The minimum atomic E-state index is -0.323. The van der Waals surface area contributed by atoms with Crippen LogP contribution in [0.2, 0.25) is 5.02 Å². The zero-order valence-electron chi connectivity index (χ0n) is 12.3. The van der Waals surface area contributed by atoms with Gasteiger partial charge in [0.05, 0.1) is 4.92 Å². The molecule has 0 aliphatic carbocycles. The smallest absolute Gasteiger partial charge is 0.292 e. The molecule has 0 radical (unpaired) electrons. The van der Waals surface area contributed by atoms with E-state index >= 15 is 0 Å². The third-order valence-electron chi connectivity index (χ3n) is 3.91. The number of nitrogens with one attached hydrogen (secondary N) is 1. The maximum atomic E-state index is 11.3. The van der Waals surface area contributed by atoms with Gasteiger partial charge >= 0.3 is 0 Å². The van der Waals surface area contributed by atoms with Gasteiger partial charge in [-0.1, -0.05) is 18.5 Å². The molecule has 2 rings (SSSR count). The zero-order valence-corrected chi connectivity index (χ0v) is 13.1. The molecule has 0 saturated carbocycles. The molecule has 1 heterocycles. The Balaban J connectivity index is 2.23. The second kappa shape index (κ2) is 7.61. The first-order valence-corrected chi connectivity index (χ1v) is 7.89. The number of rotatable bonds is 6. The minimum absolute atomic E-state index is 0.141. The summed E-state index contributed by atoms with van der Waals surface area (Å²) in [6.45, 7) is 5.82. The van der Waals surface area contributed by atoms with E-state index in [9.17, 15) is 10.1 Å². The van der Waals surface area contributed by atoms with E-state index in [1.165, 1.54) is 6.07 Å². The van der Waals surface area contributed by atoms with Gasteiger partial charge in [-0.25, -0.2) is 0 Å². The van der Waals surface area contributed by atoms with Gasteiger partial charge in [-0.05, 0) is 50.4 Å². The summed E-state index contributed by atoms with van der Waals surface area (Å²) in [5.41, 5.74) is 0.787. The van der Waals surface area contributed by atoms with Crippen LogP contribution < -0.4 is 10.2 Å². The number of halogens is 1. The maximum Gasteiger partial charge on any atom is 0.292 e. The van der Waals surface area contributed by atoms with Crippen LogP contribution in [0, 0.1) is 16.0 Å². The van der Waals surface area contributed by atoms with E-state index in [0.717, 1.165) is 45.4 Å². The van der Waals surface area contributed by atoms with Crippen molar-refractivity contribution in [3.63, 3.8) is 0 Å². The summed E-state index contributed by atoms with van der Waals surface area (Å²) in [5.74, 6) is 0.580. The lowest BCUT2D eigenvalue weighted by Gasteiger charge is -2.31. The van der Waals surface area contributed by atoms with Crippen molar-refractivity contribution in [3.05, 3.63) is 33.3 Å². The van der Waals surface area contributed by atoms with Crippen LogP contribution in [0.5, 0.6) is 0 Å². The fourth-order valence-corrected chi connectivity index (χ4v) is 3.03. The van der Waals surface area contributed by atoms with Crippen LogP contribution in [0.1, 0.15) is 26.2 Å². The van der Waals surface area contributed by atoms with Crippen LogP contribution in [0.4, 0.5) is 11.4 Å². The van der Waals surface area contributed by atoms with Crippen molar-refractivity contribution in [2.75, 3.05) is 31.1 Å². The number of nitro groups is 1. The van der Waals surface area contributed by atoms with Crippen LogP contribution in [0.25, 0.3) is 0 Å². The highest BCUT2D eigenvalue weighted by molar-refractivity contribution is 6.31. The first-order chi connectivity index (χ1) is 10.1. The van der Waals surface area contributed by atoms with Gasteiger partial charge in [-0.2, -0.15) is 0 Å². The molecule has 0 bridgehead atoms. The fraction of sp³-hybridized carbons (Fsp3) is 0.600. The molecule has 1 aromatic rings. The Kier molecular flexibility index (Phi) is 5.82. The first kappa shape index (κ1) is 16.0. The van der Waals surface area contributed by atoms with Crippen LogP contribution in [-0.4, -0.2) is 31.1 Å². The SMILES string of the molecule is CCCN(CC1CCNCC1)c1cc(Cl)ccc1[N+](=O)[O-]. The highest BCUT2D eigenvalue weighted by Crippen LogP contribution is 2.32. The molecule has 1 aliphatic heterocycles. The van der Waals surface area contributed by atoms with Gasteiger partial charge in [0.2, 0.25) is 0 Å². The monoisotopic (exact) mass is 311 g/mol. The summed E-state index contributed by atoms with van der Waals surface area (Å²) in [4.78, 5) is 13.1. The molecule has 116 valence electrons. The van der Waals surface area contributed by atoms with Gasteiger partial charge in [-0.3, -0.25) is 10.1 Å². The number of piperidine rings is 1. The van der Waals surface area contributed by atoms with Gasteiger partial charge in [0.15, 0.2) is 0 Å². The summed E-state index contributed by atoms with van der Waals surface area (Å²) < 4.78 is 0. The Labute approximate surface area is 130 Å². The molecule has 1 aliphatic rings. The average Bonchev–Trinajstić information content (AvgIpc) is 2.47. The predicted octanol–water partition coefficient (Wildman–Crippen LogP) is 3.46. The lowest BCUT2D eigenvalue weighted by Crippen LogP contribution is -2.36. The van der Waals surface area contributed by atoms with E-state index in [0.29, 0.717) is 16.6 Å². The van der Waals surface area contributed by atoms with Gasteiger partial charge in [0.25, 0.3) is 5.69 Å². The summed E-state index contributed by atoms with van der Waals surface area (Å²) in [7, 11) is 0. The predicted molar refractivity (Wildman–Crippen MR) is 86.2 cm³/mol. The molecule has 1 saturated heterocycles. The molecular formula is C15H22ClN3O2. The number of nitrogens with zero attached hydrogens (tertiary/aromatic N) is 2. The van der Waals surface area contributed by atoms with E-state index in [4.69, 9.17) is 11.6 Å². The zero-order chi connectivity index (χ0) is 15.2. The van der Waals surface area contributed by atoms with Crippen LogP contribution in [-0.2, 0) is 0 Å². The van der Waals surface area contributed by atoms with Crippen molar-refractivity contribution in [1.29, 1.82) is 0 Å². The quantitative estimate of drug-likeness (QED) is 0.645. The molecule has 6 heteroatoms. The maximum absolute atomic E-state index is 11.3. The summed E-state index contributed by atoms with van der Waals surface area (Å²) >= 11 is 6.05. The molecule has 1 N–H and O–H groups in total. The number of anilines is 1. The van der Waals surface area contributed by atoms with E-state index in [1.54, 1.807) is 12.1 Å². The number of benzene rings is 1. The number of nitro benzene ring substituents is 1. The van der Waals surface area contributed by atoms with Crippen molar-refractivity contribution in [2.24, 2.45) is 5.92 Å². The third-order valence-corrected chi connectivity index (χ3v) is 4.14. The molecule has 0 unspecified atom stereocenters. The fourth-order valence-electron chi connectivity index (χ4n) is 2.86. The van der Waals surface area contributed by atoms with E-state index in [1.807, 2.05) is 0 Å². The van der Waals surface area contributed by atoms with Gasteiger partial charge < -0.3 is 10.2 Å². The van der Waals surface area contributed by atoms with Crippen LogP contribution in [0.3, 0.4) is 0 Å². The van der Waals surface area contributed by atoms with E-state index in [-0.39, 0.29) is 10.6 Å². The van der Waals surface area contributed by atoms with Gasteiger partial charge in [-0.15, -0.1) is 0 Å². The van der Waals surface area contributed by atoms with Crippen molar-refractivity contribution in [3.8, 4) is 0 Å². The topological polar surface area (TPSA) is 58.4 Å². The molecule has 0 spiro atoms. The molecule has 5 nitrogen and oxygen atoms in total. The minimum Gasteiger partial charge on any atom is -0.366 e. The second-order valence-corrected chi connectivity index (χ2v) is 5.97. The average molecular weight is 312 g/mol. The van der Waals surface area contributed by atoms with Crippen LogP contribution in [0.15, 0.2) is 18.2 Å². The lowest BCUT2D eigenvalue weighted by molar-refractivity contribution is -0.384. The molecule has 1 fully saturated rings. The first-order valence-electron chi connectivity index (χ1n) is 7.51. The molecule has 1 aromatic carbocycles. The Bertz CT molecular complexity index is 490. The normalized spacial score (nSPS) is 15.9. The van der Waals surface area contributed by atoms with E-state index in [2.05, 4.69) is 17.1 Å². The van der Waals surface area contributed by atoms with Crippen molar-refractivity contribution in [1.82, 2.24) is 5.32 Å². The molecule has 0 aromatic heterocycles. The second-order valence-electron chi connectivity index (χ2n) is 5.53. The Morgan fingerprint density at radius 1 is 1.43 bits per heavy atom. The van der Waals surface area contributed by atoms with Gasteiger partial charge in [0.1, 0.15) is 5.69 Å². The van der Waals surface area contributed by atoms with Crippen LogP contribution >= 0.6 is 11.6 Å². The standard InChI is InChI=1S/C15H22ClN3O2/c1-2-9-18(11-12-5-7-17-8-6-12)15-10-13(16)3-4-14(15)19(20)21/h3-4,10,12,17H,2,5-9,11H2,1H3. The van der Waals surface area contributed by atoms with Gasteiger partial charge in [0, 0.05) is 24.2 Å². The number of hydrogen-bond donors (Lipinski definition) is 1. The summed E-state index contributed by atoms with van der Waals surface area (Å²) in [6, 6.07) is 4.80. The van der Waals surface area contributed by atoms with Crippen molar-refractivity contribution < 1.29 is 4.92 Å². The molecule has 21 heavy (non-hydrogen) atoms. The highest BCUT2D eigenvalue weighted by Gasteiger charge is 2.23. The summed E-state index contributed by atoms with van der Waals surface area (Å²) in [5, 5.41) is 15.2. The van der Waals surface area contributed by atoms with Crippen molar-refractivity contribution >= 4 is 23.0 Å². The lowest BCUT2D eigenvalue weighted by atomic mass is 9.97. The molecule has 0 atom stereocenters. The summed E-state index contributed by atoms with van der Waals surface area (Å²) in [6.07, 6.45) is 3.19. The Morgan fingerprint density at radius 3 is 2.76 bits per heavy atom.